The van der Waals surface area contributed by atoms with E-state index >= 15 is 4.39 Å². The molecule has 1 fully saturated rings. The first-order valence-corrected chi connectivity index (χ1v) is 10.5. The van der Waals surface area contributed by atoms with E-state index in [1.165, 1.54) is 10.6 Å². The van der Waals surface area contributed by atoms with Gasteiger partial charge in [0.15, 0.2) is 0 Å². The third-order valence-corrected chi connectivity index (χ3v) is 6.06. The number of halogens is 3. The fourth-order valence-electron chi connectivity index (χ4n) is 4.09. The molecule has 8 nitrogen and oxygen atoms in total. The summed E-state index contributed by atoms with van der Waals surface area (Å²) in [6.07, 6.45) is 1.02. The summed E-state index contributed by atoms with van der Waals surface area (Å²) in [5.41, 5.74) is 4.15. The minimum atomic E-state index is -1.53. The number of aromatic carboxylic acids is 1. The molecule has 2 heterocycles. The molecule has 0 radical (unpaired) electrons. The van der Waals surface area contributed by atoms with Crippen molar-refractivity contribution in [2.45, 2.75) is 19.6 Å². The van der Waals surface area contributed by atoms with E-state index in [0.717, 1.165) is 24.9 Å². The van der Waals surface area contributed by atoms with Gasteiger partial charge in [0, 0.05) is 30.9 Å². The Hall–Kier alpha value is -3.21. The summed E-state index contributed by atoms with van der Waals surface area (Å²) in [7, 11) is 0. The third-order valence-electron chi connectivity index (χ3n) is 5.71. The number of benzene rings is 2. The van der Waals surface area contributed by atoms with E-state index in [4.69, 9.17) is 17.3 Å². The number of nitrogens with zero attached hydrogens (tertiary/aromatic N) is 2. The zero-order valence-electron chi connectivity index (χ0n) is 17.5. The zero-order chi connectivity index (χ0) is 24.0. The van der Waals surface area contributed by atoms with Gasteiger partial charge in [-0.25, -0.2) is 13.6 Å². The van der Waals surface area contributed by atoms with Gasteiger partial charge >= 0.3 is 5.97 Å². The molecule has 0 aliphatic carbocycles. The number of aliphatic hydroxyl groups is 1. The number of nitrogens with two attached hydrogens (primary N) is 1. The maximum Gasteiger partial charge on any atom is 0.341 e. The van der Waals surface area contributed by atoms with E-state index in [1.807, 2.05) is 6.92 Å². The first kappa shape index (κ1) is 23.0. The standard InChI is InChI=1S/C22H21ClF2N4O4/c1-2-27-11-6-28(7-11)20-15(25)4-12-19(18(20)23)29(8-13(21(12)31)22(32)33)17-5-16(26)14(24)3-10(17)9-30/h3-5,8,11,27,30H,2,6-7,9,26H2,1H3,(H,32,33). The summed E-state index contributed by atoms with van der Waals surface area (Å²) in [6.45, 7) is 3.07. The Kier molecular flexibility index (Phi) is 6.00. The van der Waals surface area contributed by atoms with E-state index < -0.39 is 35.2 Å². The topological polar surface area (TPSA) is 121 Å². The Balaban J connectivity index is 2.05. The van der Waals surface area contributed by atoms with Gasteiger partial charge in [-0.15, -0.1) is 0 Å². The minimum absolute atomic E-state index is 0.0238. The Bertz CT molecular complexity index is 1340. The lowest BCUT2D eigenvalue weighted by Crippen LogP contribution is -2.58. The number of aromatic nitrogens is 1. The number of hydrogen-bond donors (Lipinski definition) is 4. The summed E-state index contributed by atoms with van der Waals surface area (Å²) >= 11 is 6.63. The highest BCUT2D eigenvalue weighted by Crippen LogP contribution is 2.39. The Morgan fingerprint density at radius 1 is 1.27 bits per heavy atom. The van der Waals surface area contributed by atoms with Crippen LogP contribution in [0, 0.1) is 11.6 Å². The van der Waals surface area contributed by atoms with Crippen molar-refractivity contribution in [2.75, 3.05) is 30.3 Å². The first-order valence-electron chi connectivity index (χ1n) is 10.2. The molecule has 0 atom stereocenters. The number of nitrogens with one attached hydrogen (secondary N) is 1. The summed E-state index contributed by atoms with van der Waals surface area (Å²) in [4.78, 5) is 26.3. The van der Waals surface area contributed by atoms with Gasteiger partial charge in [-0.3, -0.25) is 4.79 Å². The van der Waals surface area contributed by atoms with E-state index in [-0.39, 0.29) is 44.6 Å². The second-order valence-corrected chi connectivity index (χ2v) is 8.16. The average Bonchev–Trinajstić information content (AvgIpc) is 2.74. The van der Waals surface area contributed by atoms with E-state index in [0.29, 0.717) is 13.1 Å². The third kappa shape index (κ3) is 3.79. The van der Waals surface area contributed by atoms with Crippen LogP contribution in [0.4, 0.5) is 20.2 Å². The molecular formula is C22H21ClF2N4O4. The molecule has 33 heavy (non-hydrogen) atoms. The molecule has 1 saturated heterocycles. The Labute approximate surface area is 191 Å². The predicted molar refractivity (Wildman–Crippen MR) is 121 cm³/mol. The van der Waals surface area contributed by atoms with Gasteiger partial charge in [-0.2, -0.15) is 0 Å². The second kappa shape index (κ2) is 8.62. The van der Waals surface area contributed by atoms with Gasteiger partial charge in [0.2, 0.25) is 5.43 Å². The highest BCUT2D eigenvalue weighted by atomic mass is 35.5. The first-order chi connectivity index (χ1) is 15.7. The van der Waals surface area contributed by atoms with Gasteiger partial charge in [-0.1, -0.05) is 18.5 Å². The van der Waals surface area contributed by atoms with Crippen molar-refractivity contribution in [1.29, 1.82) is 0 Å². The maximum atomic E-state index is 15.1. The molecule has 0 bridgehead atoms. The monoisotopic (exact) mass is 478 g/mol. The number of anilines is 2. The van der Waals surface area contributed by atoms with Crippen molar-refractivity contribution in [2.24, 2.45) is 0 Å². The SMILES string of the molecule is CCNC1CN(c2c(F)cc3c(=O)c(C(=O)O)cn(-c4cc(N)c(F)cc4CO)c3c2Cl)C1. The van der Waals surface area contributed by atoms with Crippen LogP contribution in [0.2, 0.25) is 5.02 Å². The highest BCUT2D eigenvalue weighted by molar-refractivity contribution is 6.38. The van der Waals surface area contributed by atoms with Crippen molar-refractivity contribution in [3.8, 4) is 5.69 Å². The highest BCUT2D eigenvalue weighted by Gasteiger charge is 2.32. The fourth-order valence-corrected chi connectivity index (χ4v) is 4.49. The molecule has 3 aromatic rings. The molecule has 11 heteroatoms. The van der Waals surface area contributed by atoms with Crippen molar-refractivity contribution in [3.63, 3.8) is 0 Å². The zero-order valence-corrected chi connectivity index (χ0v) is 18.3. The van der Waals surface area contributed by atoms with Gasteiger partial charge in [0.05, 0.1) is 39.6 Å². The van der Waals surface area contributed by atoms with Crippen LogP contribution < -0.4 is 21.4 Å². The number of likely N-dealkylation sites (N-methyl/N-ethyl adjacent to an activating group) is 1. The number of pyridine rings is 1. The molecule has 0 saturated carbocycles. The molecule has 0 spiro atoms. The van der Waals surface area contributed by atoms with Crippen LogP contribution in [0.15, 0.2) is 29.2 Å². The number of rotatable bonds is 6. The molecule has 1 aliphatic heterocycles. The van der Waals surface area contributed by atoms with E-state index in [9.17, 15) is 24.2 Å². The van der Waals surface area contributed by atoms with Crippen molar-refractivity contribution < 1.29 is 23.8 Å². The van der Waals surface area contributed by atoms with Crippen LogP contribution in [-0.4, -0.2) is 46.4 Å². The average molecular weight is 479 g/mol. The molecule has 4 rings (SSSR count). The van der Waals surface area contributed by atoms with Crippen LogP contribution in [0.5, 0.6) is 0 Å². The van der Waals surface area contributed by atoms with Gasteiger partial charge < -0.3 is 30.7 Å². The van der Waals surface area contributed by atoms with E-state index in [2.05, 4.69) is 5.32 Å². The molecule has 0 unspecified atom stereocenters. The summed E-state index contributed by atoms with van der Waals surface area (Å²) in [5, 5.41) is 22.2. The molecule has 174 valence electrons. The number of nitrogen functional groups attached to an aromatic ring is 1. The van der Waals surface area contributed by atoms with Crippen LogP contribution >= 0.6 is 11.6 Å². The summed E-state index contributed by atoms with van der Waals surface area (Å²) in [5.74, 6) is -3.08. The van der Waals surface area contributed by atoms with Crippen molar-refractivity contribution >= 4 is 39.8 Å². The molecule has 1 aliphatic rings. The molecule has 5 N–H and O–H groups in total. The van der Waals surface area contributed by atoms with Crippen LogP contribution in [0.3, 0.4) is 0 Å². The maximum absolute atomic E-state index is 15.1. The van der Waals surface area contributed by atoms with E-state index in [1.54, 1.807) is 4.90 Å². The summed E-state index contributed by atoms with van der Waals surface area (Å²) < 4.78 is 30.4. The lowest BCUT2D eigenvalue weighted by molar-refractivity contribution is 0.0695. The molecular weight excluding hydrogens is 458 g/mol. The Morgan fingerprint density at radius 2 is 1.97 bits per heavy atom. The number of aliphatic hydroxyl groups excluding tert-OH is 1. The van der Waals surface area contributed by atoms with Gasteiger partial charge in [0.25, 0.3) is 0 Å². The van der Waals surface area contributed by atoms with Crippen LogP contribution in [0.1, 0.15) is 22.8 Å². The lowest BCUT2D eigenvalue weighted by Gasteiger charge is -2.42. The number of hydrogen-bond acceptors (Lipinski definition) is 6. The number of fused-ring (bicyclic) bond motifs is 1. The number of carboxylic acid groups (broad SMARTS) is 1. The fraction of sp³-hybridized carbons (Fsp3) is 0.273. The van der Waals surface area contributed by atoms with Gasteiger partial charge in [-0.05, 0) is 24.7 Å². The van der Waals surface area contributed by atoms with Gasteiger partial charge in [0.1, 0.15) is 17.2 Å². The van der Waals surface area contributed by atoms with Crippen LogP contribution in [-0.2, 0) is 6.61 Å². The predicted octanol–water partition coefficient (Wildman–Crippen LogP) is 2.49. The Morgan fingerprint density at radius 3 is 2.58 bits per heavy atom. The minimum Gasteiger partial charge on any atom is -0.477 e. The molecule has 0 amide bonds. The molecule has 2 aromatic carbocycles. The smallest absolute Gasteiger partial charge is 0.341 e. The molecule has 1 aromatic heterocycles. The van der Waals surface area contributed by atoms with Crippen molar-refractivity contribution in [3.05, 3.63) is 62.4 Å². The number of carboxylic acids is 1. The quantitative estimate of drug-likeness (QED) is 0.402. The normalized spacial score (nSPS) is 14.0. The second-order valence-electron chi connectivity index (χ2n) is 7.78. The van der Waals surface area contributed by atoms with Crippen molar-refractivity contribution in [1.82, 2.24) is 9.88 Å². The lowest BCUT2D eigenvalue weighted by atomic mass is 10.0. The van der Waals surface area contributed by atoms with Crippen LogP contribution in [0.25, 0.3) is 16.6 Å². The summed E-state index contributed by atoms with van der Waals surface area (Å²) in [6, 6.07) is 3.30. The largest absolute Gasteiger partial charge is 0.477 e. The number of carbonyl (C=O) groups is 1.